The van der Waals surface area contributed by atoms with Crippen LogP contribution in [0.15, 0.2) is 36.4 Å². The number of hydrogen-bond acceptors (Lipinski definition) is 2. The molecule has 108 valence electrons. The molecule has 2 N–H and O–H groups in total. The number of aryl methyl sites for hydroxylation is 3. The average Bonchev–Trinajstić information content (AvgIpc) is 2.46. The van der Waals surface area contributed by atoms with Gasteiger partial charge >= 0.3 is 0 Å². The van der Waals surface area contributed by atoms with Crippen molar-refractivity contribution in [3.8, 4) is 0 Å². The third kappa shape index (κ3) is 2.66. The fraction of sp³-hybridized carbons (Fsp3) is 0.278. The lowest BCUT2D eigenvalue weighted by Crippen LogP contribution is -2.27. The second kappa shape index (κ2) is 5.49. The van der Waals surface area contributed by atoms with Gasteiger partial charge < -0.3 is 10.6 Å². The van der Waals surface area contributed by atoms with Gasteiger partial charge in [0.05, 0.1) is 5.69 Å². The van der Waals surface area contributed by atoms with Gasteiger partial charge in [-0.05, 0) is 50.5 Å². The van der Waals surface area contributed by atoms with E-state index in [4.69, 9.17) is 18.0 Å². The van der Waals surface area contributed by atoms with E-state index in [0.717, 1.165) is 30.6 Å². The second-order valence-electron chi connectivity index (χ2n) is 5.77. The third-order valence-corrected chi connectivity index (χ3v) is 4.28. The summed E-state index contributed by atoms with van der Waals surface area (Å²) in [7, 11) is 0. The number of nitrogens with zero attached hydrogens (tertiary/aromatic N) is 1. The van der Waals surface area contributed by atoms with E-state index in [9.17, 15) is 0 Å². The second-order valence-corrected chi connectivity index (χ2v) is 6.21. The number of nitrogens with two attached hydrogens (primary N) is 1. The molecule has 1 heterocycles. The van der Waals surface area contributed by atoms with Gasteiger partial charge in [0.2, 0.25) is 0 Å². The van der Waals surface area contributed by atoms with Crippen molar-refractivity contribution in [2.45, 2.75) is 26.7 Å². The van der Waals surface area contributed by atoms with Crippen LogP contribution in [0.25, 0.3) is 0 Å². The van der Waals surface area contributed by atoms with Crippen LogP contribution in [-0.4, -0.2) is 11.5 Å². The van der Waals surface area contributed by atoms with Gasteiger partial charge in [-0.1, -0.05) is 41.5 Å². The van der Waals surface area contributed by atoms with Crippen molar-refractivity contribution in [3.05, 3.63) is 58.7 Å². The maximum absolute atomic E-state index is 5.94. The molecule has 0 aromatic heterocycles. The molecule has 0 bridgehead atoms. The largest absolute Gasteiger partial charge is 0.389 e. The number of rotatable bonds is 2. The lowest BCUT2D eigenvalue weighted by molar-refractivity contribution is 0.765. The van der Waals surface area contributed by atoms with E-state index in [1.54, 1.807) is 0 Å². The number of fused-ring (bicyclic) bond motifs is 1. The van der Waals surface area contributed by atoms with Crippen LogP contribution >= 0.6 is 12.2 Å². The molecule has 0 radical (unpaired) electrons. The summed E-state index contributed by atoms with van der Waals surface area (Å²) in [5.74, 6) is 0. The normalized spacial score (nSPS) is 13.9. The Bertz CT molecular complexity index is 706. The number of thiocarbonyl (C=S) groups is 1. The zero-order valence-corrected chi connectivity index (χ0v) is 13.3. The van der Waals surface area contributed by atoms with Gasteiger partial charge in [-0.25, -0.2) is 0 Å². The first-order valence-electron chi connectivity index (χ1n) is 7.34. The molecular weight excluding hydrogens is 276 g/mol. The van der Waals surface area contributed by atoms with Gasteiger partial charge in [-0.15, -0.1) is 0 Å². The molecule has 0 unspecified atom stereocenters. The summed E-state index contributed by atoms with van der Waals surface area (Å²) in [6.45, 7) is 5.22. The summed E-state index contributed by atoms with van der Waals surface area (Å²) in [6.07, 6.45) is 2.29. The molecule has 0 saturated heterocycles. The highest BCUT2D eigenvalue weighted by atomic mass is 32.1. The maximum atomic E-state index is 5.94. The fourth-order valence-electron chi connectivity index (χ4n) is 3.06. The van der Waals surface area contributed by atoms with E-state index >= 15 is 0 Å². The Kier molecular flexibility index (Phi) is 3.68. The van der Waals surface area contributed by atoms with Crippen LogP contribution in [0.5, 0.6) is 0 Å². The van der Waals surface area contributed by atoms with Crippen LogP contribution in [0.1, 0.15) is 28.7 Å². The molecule has 1 aliphatic heterocycles. The van der Waals surface area contributed by atoms with Crippen LogP contribution < -0.4 is 10.6 Å². The van der Waals surface area contributed by atoms with Crippen molar-refractivity contribution < 1.29 is 0 Å². The lowest BCUT2D eigenvalue weighted by Gasteiger charge is -2.33. The Morgan fingerprint density at radius 1 is 1.05 bits per heavy atom. The van der Waals surface area contributed by atoms with E-state index in [-0.39, 0.29) is 0 Å². The predicted molar refractivity (Wildman–Crippen MR) is 93.6 cm³/mol. The molecular formula is C18H20N2S. The molecule has 21 heavy (non-hydrogen) atoms. The van der Waals surface area contributed by atoms with Crippen LogP contribution in [-0.2, 0) is 6.42 Å². The molecule has 0 spiro atoms. The first kappa shape index (κ1) is 14.1. The predicted octanol–water partition coefficient (Wildman–Crippen LogP) is 4.02. The van der Waals surface area contributed by atoms with Gasteiger partial charge in [-0.2, -0.15) is 0 Å². The van der Waals surface area contributed by atoms with Crippen molar-refractivity contribution in [1.82, 2.24) is 0 Å². The van der Waals surface area contributed by atoms with Crippen molar-refractivity contribution in [2.75, 3.05) is 11.4 Å². The van der Waals surface area contributed by atoms with E-state index in [2.05, 4.69) is 55.1 Å². The molecule has 3 rings (SSSR count). The van der Waals surface area contributed by atoms with Gasteiger partial charge in [0.15, 0.2) is 0 Å². The fourth-order valence-corrected chi connectivity index (χ4v) is 3.22. The van der Waals surface area contributed by atoms with E-state index in [0.29, 0.717) is 4.99 Å². The van der Waals surface area contributed by atoms with Gasteiger partial charge in [-0.3, -0.25) is 0 Å². The molecule has 2 aromatic carbocycles. The van der Waals surface area contributed by atoms with Crippen molar-refractivity contribution in [1.29, 1.82) is 0 Å². The van der Waals surface area contributed by atoms with E-state index < -0.39 is 0 Å². The Balaban J connectivity index is 2.13. The highest BCUT2D eigenvalue weighted by molar-refractivity contribution is 7.80. The van der Waals surface area contributed by atoms with Crippen LogP contribution in [0.2, 0.25) is 0 Å². The molecule has 0 aliphatic carbocycles. The monoisotopic (exact) mass is 296 g/mol. The summed E-state index contributed by atoms with van der Waals surface area (Å²) < 4.78 is 0. The first-order valence-corrected chi connectivity index (χ1v) is 7.74. The average molecular weight is 296 g/mol. The summed E-state index contributed by atoms with van der Waals surface area (Å²) in [6, 6.07) is 13.0. The zero-order valence-electron chi connectivity index (χ0n) is 12.5. The highest BCUT2D eigenvalue weighted by Gasteiger charge is 2.21. The van der Waals surface area contributed by atoms with Crippen molar-refractivity contribution >= 4 is 28.6 Å². The standard InChI is InChI=1S/C18H20N2S/c1-12-5-7-16-14(10-12)4-3-9-20(16)17-8-6-13(2)11-15(17)18(19)21/h5-8,10-11H,3-4,9H2,1-2H3,(H2,19,21). The Labute approximate surface area is 131 Å². The molecule has 0 saturated carbocycles. The number of hydrogen-bond donors (Lipinski definition) is 1. The molecule has 3 heteroatoms. The minimum atomic E-state index is 0.466. The van der Waals surface area contributed by atoms with Crippen molar-refractivity contribution in [3.63, 3.8) is 0 Å². The van der Waals surface area contributed by atoms with E-state index in [1.165, 1.54) is 22.4 Å². The van der Waals surface area contributed by atoms with Crippen LogP contribution in [0.3, 0.4) is 0 Å². The summed E-state index contributed by atoms with van der Waals surface area (Å²) in [5.41, 5.74) is 13.2. The first-order chi connectivity index (χ1) is 10.1. The highest BCUT2D eigenvalue weighted by Crippen LogP contribution is 2.36. The Morgan fingerprint density at radius 3 is 2.43 bits per heavy atom. The summed E-state index contributed by atoms with van der Waals surface area (Å²) in [4.78, 5) is 2.82. The van der Waals surface area contributed by atoms with Gasteiger partial charge in [0.1, 0.15) is 4.99 Å². The SMILES string of the molecule is Cc1ccc2c(c1)CCCN2c1ccc(C)cc1C(N)=S. The smallest absolute Gasteiger partial charge is 0.106 e. The number of benzene rings is 2. The quantitative estimate of drug-likeness (QED) is 0.849. The lowest BCUT2D eigenvalue weighted by atomic mass is 9.97. The van der Waals surface area contributed by atoms with Crippen LogP contribution in [0, 0.1) is 13.8 Å². The zero-order chi connectivity index (χ0) is 15.0. The minimum Gasteiger partial charge on any atom is -0.389 e. The minimum absolute atomic E-state index is 0.466. The molecule has 1 aliphatic rings. The van der Waals surface area contributed by atoms with Crippen molar-refractivity contribution in [2.24, 2.45) is 5.73 Å². The molecule has 2 nitrogen and oxygen atoms in total. The molecule has 2 aromatic rings. The Morgan fingerprint density at radius 2 is 1.71 bits per heavy atom. The van der Waals surface area contributed by atoms with Gasteiger partial charge in [0, 0.05) is 17.8 Å². The molecule has 0 amide bonds. The third-order valence-electron chi connectivity index (χ3n) is 4.06. The number of anilines is 2. The van der Waals surface area contributed by atoms with E-state index in [1.807, 2.05) is 0 Å². The van der Waals surface area contributed by atoms with Gasteiger partial charge in [0.25, 0.3) is 0 Å². The molecule has 0 fully saturated rings. The topological polar surface area (TPSA) is 29.3 Å². The van der Waals surface area contributed by atoms with Crippen LogP contribution in [0.4, 0.5) is 11.4 Å². The Hall–Kier alpha value is -1.87. The summed E-state index contributed by atoms with van der Waals surface area (Å²) >= 11 is 5.25. The molecule has 0 atom stereocenters. The summed E-state index contributed by atoms with van der Waals surface area (Å²) in [5, 5.41) is 0. The maximum Gasteiger partial charge on any atom is 0.106 e.